The number of hydrogen-bond donors (Lipinski definition) is 0. The van der Waals surface area contributed by atoms with Crippen LogP contribution in [0.25, 0.3) is 0 Å². The van der Waals surface area contributed by atoms with Crippen molar-refractivity contribution < 1.29 is 4.74 Å². The lowest BCUT2D eigenvalue weighted by Gasteiger charge is -2.13. The fourth-order valence-electron chi connectivity index (χ4n) is 1.02. The molecule has 1 atom stereocenters. The molecule has 0 aromatic rings. The van der Waals surface area contributed by atoms with Crippen molar-refractivity contribution in [3.05, 3.63) is 12.2 Å². The molecule has 0 aliphatic heterocycles. The molecule has 1 heteroatoms. The van der Waals surface area contributed by atoms with Gasteiger partial charge in [0.05, 0.1) is 6.61 Å². The summed E-state index contributed by atoms with van der Waals surface area (Å²) in [5, 5.41) is 0. The topological polar surface area (TPSA) is 9.23 Å². The molecule has 0 aliphatic carbocycles. The molecule has 0 saturated heterocycles. The van der Waals surface area contributed by atoms with Crippen molar-refractivity contribution in [3.63, 3.8) is 0 Å². The zero-order valence-corrected chi connectivity index (χ0v) is 7.31. The van der Waals surface area contributed by atoms with Crippen molar-refractivity contribution in [1.29, 1.82) is 0 Å². The summed E-state index contributed by atoms with van der Waals surface area (Å²) in [6, 6.07) is 0. The number of hydrogen-bond acceptors (Lipinski definition) is 1. The van der Waals surface area contributed by atoms with Gasteiger partial charge < -0.3 is 4.74 Å². The summed E-state index contributed by atoms with van der Waals surface area (Å²) >= 11 is 0. The highest BCUT2D eigenvalue weighted by Crippen LogP contribution is 2.14. The zero-order chi connectivity index (χ0) is 7.98. The molecule has 0 aliphatic rings. The highest BCUT2D eigenvalue weighted by Gasteiger charge is 2.06. The Kier molecular flexibility index (Phi) is 5.32. The average molecular weight is 142 g/mol. The molecule has 0 heterocycles. The molecule has 0 N–H and O–H groups in total. The third-order valence-electron chi connectivity index (χ3n) is 1.70. The van der Waals surface area contributed by atoms with Crippen molar-refractivity contribution in [2.75, 3.05) is 13.7 Å². The predicted molar refractivity (Wildman–Crippen MR) is 45.1 cm³/mol. The van der Waals surface area contributed by atoms with Crippen LogP contribution in [0.15, 0.2) is 12.2 Å². The zero-order valence-electron chi connectivity index (χ0n) is 7.31. The molecule has 60 valence electrons. The molecular formula is C9H18O. The van der Waals surface area contributed by atoms with Crippen molar-refractivity contribution in [1.82, 2.24) is 0 Å². The van der Waals surface area contributed by atoms with Gasteiger partial charge in [0.25, 0.3) is 0 Å². The number of ether oxygens (including phenoxy) is 1. The first-order chi connectivity index (χ1) is 4.72. The highest BCUT2D eigenvalue weighted by atomic mass is 16.5. The van der Waals surface area contributed by atoms with Gasteiger partial charge in [-0.15, -0.1) is 0 Å². The third kappa shape index (κ3) is 3.67. The van der Waals surface area contributed by atoms with E-state index in [1.165, 1.54) is 18.4 Å². The van der Waals surface area contributed by atoms with E-state index in [1.54, 1.807) is 7.11 Å². The molecule has 0 aromatic carbocycles. The lowest BCUT2D eigenvalue weighted by Crippen LogP contribution is -2.08. The standard InChI is InChI=1S/C9H18O/c1-5-6-9(7-10-4)8(2)3/h9H,2,5-7H2,1,3-4H3. The molecule has 0 bridgehead atoms. The molecule has 0 radical (unpaired) electrons. The Balaban J connectivity index is 3.61. The molecule has 0 fully saturated rings. The maximum absolute atomic E-state index is 5.06. The van der Waals surface area contributed by atoms with Gasteiger partial charge in [0, 0.05) is 13.0 Å². The van der Waals surface area contributed by atoms with E-state index in [1.807, 2.05) is 0 Å². The van der Waals surface area contributed by atoms with Crippen LogP contribution in [0.4, 0.5) is 0 Å². The van der Waals surface area contributed by atoms with Crippen LogP contribution in [0.2, 0.25) is 0 Å². The molecule has 0 rings (SSSR count). The van der Waals surface area contributed by atoms with Gasteiger partial charge in [0.15, 0.2) is 0 Å². The minimum Gasteiger partial charge on any atom is -0.384 e. The number of rotatable bonds is 5. The Labute approximate surface area is 64.1 Å². The van der Waals surface area contributed by atoms with Gasteiger partial charge in [-0.2, -0.15) is 0 Å². The van der Waals surface area contributed by atoms with E-state index in [4.69, 9.17) is 4.74 Å². The minimum absolute atomic E-state index is 0.565. The van der Waals surface area contributed by atoms with E-state index in [0.717, 1.165) is 6.61 Å². The maximum Gasteiger partial charge on any atom is 0.0527 e. The van der Waals surface area contributed by atoms with Gasteiger partial charge >= 0.3 is 0 Å². The van der Waals surface area contributed by atoms with Crippen LogP contribution >= 0.6 is 0 Å². The summed E-state index contributed by atoms with van der Waals surface area (Å²) < 4.78 is 5.06. The second kappa shape index (κ2) is 5.48. The van der Waals surface area contributed by atoms with Crippen molar-refractivity contribution in [3.8, 4) is 0 Å². The van der Waals surface area contributed by atoms with Crippen LogP contribution in [0, 0.1) is 5.92 Å². The summed E-state index contributed by atoms with van der Waals surface area (Å²) in [5.41, 5.74) is 1.24. The molecule has 0 aromatic heterocycles. The third-order valence-corrected chi connectivity index (χ3v) is 1.70. The van der Waals surface area contributed by atoms with E-state index in [9.17, 15) is 0 Å². The Morgan fingerprint density at radius 1 is 1.60 bits per heavy atom. The summed E-state index contributed by atoms with van der Waals surface area (Å²) in [6.45, 7) is 8.99. The highest BCUT2D eigenvalue weighted by molar-refractivity contribution is 4.95. The maximum atomic E-state index is 5.06. The van der Waals surface area contributed by atoms with Crippen LogP contribution in [0.1, 0.15) is 26.7 Å². The molecule has 1 unspecified atom stereocenters. The van der Waals surface area contributed by atoms with Gasteiger partial charge in [0.1, 0.15) is 0 Å². The van der Waals surface area contributed by atoms with Crippen molar-refractivity contribution in [2.45, 2.75) is 26.7 Å². The van der Waals surface area contributed by atoms with Gasteiger partial charge in [-0.1, -0.05) is 25.5 Å². The summed E-state index contributed by atoms with van der Waals surface area (Å²) in [7, 11) is 1.74. The average Bonchev–Trinajstić information content (AvgIpc) is 1.87. The smallest absolute Gasteiger partial charge is 0.0527 e. The summed E-state index contributed by atoms with van der Waals surface area (Å²) in [5.74, 6) is 0.565. The fourth-order valence-corrected chi connectivity index (χ4v) is 1.02. The van der Waals surface area contributed by atoms with Gasteiger partial charge in [-0.3, -0.25) is 0 Å². The Bertz CT molecular complexity index is 90.9. The van der Waals surface area contributed by atoms with Crippen LogP contribution in [-0.4, -0.2) is 13.7 Å². The predicted octanol–water partition coefficient (Wildman–Crippen LogP) is 2.63. The monoisotopic (exact) mass is 142 g/mol. The molecule has 10 heavy (non-hydrogen) atoms. The molecule has 0 amide bonds. The van der Waals surface area contributed by atoms with E-state index in [0.29, 0.717) is 5.92 Å². The largest absolute Gasteiger partial charge is 0.384 e. The summed E-state index contributed by atoms with van der Waals surface area (Å²) in [4.78, 5) is 0. The van der Waals surface area contributed by atoms with Crippen molar-refractivity contribution in [2.24, 2.45) is 5.92 Å². The quantitative estimate of drug-likeness (QED) is 0.536. The van der Waals surface area contributed by atoms with Gasteiger partial charge in [0.2, 0.25) is 0 Å². The van der Waals surface area contributed by atoms with E-state index >= 15 is 0 Å². The number of methoxy groups -OCH3 is 1. The Hall–Kier alpha value is -0.300. The van der Waals surface area contributed by atoms with Crippen LogP contribution in [0.3, 0.4) is 0 Å². The van der Waals surface area contributed by atoms with Crippen molar-refractivity contribution >= 4 is 0 Å². The second-order valence-corrected chi connectivity index (χ2v) is 2.79. The fraction of sp³-hybridized carbons (Fsp3) is 0.778. The van der Waals surface area contributed by atoms with E-state index < -0.39 is 0 Å². The van der Waals surface area contributed by atoms with Gasteiger partial charge in [-0.25, -0.2) is 0 Å². The Morgan fingerprint density at radius 2 is 2.20 bits per heavy atom. The molecule has 1 nitrogen and oxygen atoms in total. The van der Waals surface area contributed by atoms with Crippen LogP contribution < -0.4 is 0 Å². The lowest BCUT2D eigenvalue weighted by molar-refractivity contribution is 0.162. The van der Waals surface area contributed by atoms with Crippen LogP contribution in [0.5, 0.6) is 0 Å². The lowest BCUT2D eigenvalue weighted by atomic mass is 9.98. The molecule has 0 spiro atoms. The normalized spacial score (nSPS) is 13.1. The van der Waals surface area contributed by atoms with Crippen LogP contribution in [-0.2, 0) is 4.74 Å². The minimum atomic E-state index is 0.565. The van der Waals surface area contributed by atoms with Gasteiger partial charge in [-0.05, 0) is 13.3 Å². The first-order valence-corrected chi connectivity index (χ1v) is 3.86. The Morgan fingerprint density at radius 3 is 2.50 bits per heavy atom. The molecule has 0 saturated carbocycles. The first kappa shape index (κ1) is 9.70. The van der Waals surface area contributed by atoms with E-state index in [2.05, 4.69) is 20.4 Å². The SMILES string of the molecule is C=C(C)C(CCC)COC. The first-order valence-electron chi connectivity index (χ1n) is 3.86. The summed E-state index contributed by atoms with van der Waals surface area (Å²) in [6.07, 6.45) is 2.41. The molecular weight excluding hydrogens is 124 g/mol. The second-order valence-electron chi connectivity index (χ2n) is 2.79. The van der Waals surface area contributed by atoms with E-state index in [-0.39, 0.29) is 0 Å².